The molecular formula is C12H13BrO. The van der Waals surface area contributed by atoms with E-state index in [2.05, 4.69) is 15.9 Å². The van der Waals surface area contributed by atoms with Crippen LogP contribution >= 0.6 is 15.9 Å². The first-order chi connectivity index (χ1) is 6.74. The molecule has 2 atom stereocenters. The Bertz CT molecular complexity index is 364. The molecule has 1 N–H and O–H groups in total. The van der Waals surface area contributed by atoms with Crippen molar-refractivity contribution in [1.29, 1.82) is 0 Å². The van der Waals surface area contributed by atoms with Gasteiger partial charge in [-0.25, -0.2) is 0 Å². The average Bonchev–Trinajstić information content (AvgIpc) is 2.63. The second kappa shape index (κ2) is 2.83. The summed E-state index contributed by atoms with van der Waals surface area (Å²) in [5.41, 5.74) is 0.591. The summed E-state index contributed by atoms with van der Waals surface area (Å²) in [6, 6.07) is 8.06. The normalized spacial score (nSPS) is 39.6. The third-order valence-electron chi connectivity index (χ3n) is 3.84. The van der Waals surface area contributed by atoms with Crippen molar-refractivity contribution in [2.45, 2.75) is 24.9 Å². The van der Waals surface area contributed by atoms with E-state index in [4.69, 9.17) is 0 Å². The second-order valence-corrected chi connectivity index (χ2v) is 5.30. The summed E-state index contributed by atoms with van der Waals surface area (Å²) in [6.45, 7) is 0. The highest BCUT2D eigenvalue weighted by molar-refractivity contribution is 9.10. The number of hydrogen-bond donors (Lipinski definition) is 1. The first kappa shape index (κ1) is 8.93. The van der Waals surface area contributed by atoms with Crippen molar-refractivity contribution in [3.8, 4) is 0 Å². The molecule has 2 unspecified atom stereocenters. The Labute approximate surface area is 92.3 Å². The second-order valence-electron chi connectivity index (χ2n) is 4.45. The number of hydrogen-bond acceptors (Lipinski definition) is 1. The van der Waals surface area contributed by atoms with Crippen LogP contribution in [0, 0.1) is 11.8 Å². The lowest BCUT2D eigenvalue weighted by Crippen LogP contribution is -2.13. The number of rotatable bonds is 1. The first-order valence-corrected chi connectivity index (χ1v) is 6.01. The lowest BCUT2D eigenvalue weighted by molar-refractivity contribution is 0.105. The minimum atomic E-state index is -0.502. The van der Waals surface area contributed by atoms with Crippen LogP contribution in [0.3, 0.4) is 0 Å². The zero-order valence-electron chi connectivity index (χ0n) is 7.91. The van der Waals surface area contributed by atoms with Gasteiger partial charge in [0.1, 0.15) is 0 Å². The Morgan fingerprint density at radius 2 is 1.86 bits per heavy atom. The third-order valence-corrected chi connectivity index (χ3v) is 4.53. The topological polar surface area (TPSA) is 20.2 Å². The zero-order chi connectivity index (χ0) is 9.76. The third kappa shape index (κ3) is 0.986. The minimum absolute atomic E-state index is 0.502. The number of halogens is 1. The van der Waals surface area contributed by atoms with Crippen molar-refractivity contribution in [2.24, 2.45) is 11.8 Å². The molecule has 1 aromatic rings. The van der Waals surface area contributed by atoms with Crippen LogP contribution in [-0.2, 0) is 5.60 Å². The summed E-state index contributed by atoms with van der Waals surface area (Å²) in [7, 11) is 0. The van der Waals surface area contributed by atoms with Crippen LogP contribution in [0.5, 0.6) is 0 Å². The molecule has 1 aromatic carbocycles. The van der Waals surface area contributed by atoms with Gasteiger partial charge in [-0.3, -0.25) is 0 Å². The van der Waals surface area contributed by atoms with E-state index in [-0.39, 0.29) is 0 Å². The molecule has 2 saturated carbocycles. The van der Waals surface area contributed by atoms with E-state index in [0.717, 1.165) is 10.0 Å². The molecule has 2 aliphatic rings. The van der Waals surface area contributed by atoms with Gasteiger partial charge in [-0.1, -0.05) is 40.5 Å². The fourth-order valence-corrected chi connectivity index (χ4v) is 3.71. The Hall–Kier alpha value is -0.340. The van der Waals surface area contributed by atoms with E-state index in [0.29, 0.717) is 11.8 Å². The van der Waals surface area contributed by atoms with Gasteiger partial charge in [0, 0.05) is 4.47 Å². The molecular weight excluding hydrogens is 240 g/mol. The molecule has 0 radical (unpaired) electrons. The molecule has 74 valence electrons. The predicted molar refractivity (Wildman–Crippen MR) is 58.9 cm³/mol. The van der Waals surface area contributed by atoms with Crippen LogP contribution in [0.4, 0.5) is 0 Å². The van der Waals surface area contributed by atoms with Gasteiger partial charge < -0.3 is 5.11 Å². The molecule has 0 saturated heterocycles. The maximum absolute atomic E-state index is 10.5. The summed E-state index contributed by atoms with van der Waals surface area (Å²) in [6.07, 6.45) is 3.69. The molecule has 3 rings (SSSR count). The van der Waals surface area contributed by atoms with Crippen molar-refractivity contribution in [2.75, 3.05) is 0 Å². The van der Waals surface area contributed by atoms with E-state index in [1.54, 1.807) is 0 Å². The molecule has 0 heterocycles. The molecule has 2 aliphatic carbocycles. The van der Waals surface area contributed by atoms with Crippen molar-refractivity contribution in [1.82, 2.24) is 0 Å². The van der Waals surface area contributed by atoms with Crippen molar-refractivity contribution >= 4 is 15.9 Å². The quantitative estimate of drug-likeness (QED) is 0.815. The minimum Gasteiger partial charge on any atom is -0.385 e. The molecule has 0 aromatic heterocycles. The van der Waals surface area contributed by atoms with Gasteiger partial charge in [-0.15, -0.1) is 0 Å². The largest absolute Gasteiger partial charge is 0.385 e. The highest BCUT2D eigenvalue weighted by Crippen LogP contribution is 2.66. The lowest BCUT2D eigenvalue weighted by Gasteiger charge is -2.16. The van der Waals surface area contributed by atoms with E-state index in [1.165, 1.54) is 19.3 Å². The average molecular weight is 253 g/mol. The first-order valence-electron chi connectivity index (χ1n) is 5.22. The summed E-state index contributed by atoms with van der Waals surface area (Å²) in [4.78, 5) is 0. The summed E-state index contributed by atoms with van der Waals surface area (Å²) < 4.78 is 1.05. The monoisotopic (exact) mass is 252 g/mol. The van der Waals surface area contributed by atoms with E-state index < -0.39 is 5.60 Å². The highest BCUT2D eigenvalue weighted by atomic mass is 79.9. The molecule has 0 aliphatic heterocycles. The Morgan fingerprint density at radius 1 is 1.21 bits per heavy atom. The summed E-state index contributed by atoms with van der Waals surface area (Å²) in [5.74, 6) is 1.06. The molecule has 2 fully saturated rings. The maximum atomic E-state index is 10.5. The molecule has 1 nitrogen and oxygen atoms in total. The summed E-state index contributed by atoms with van der Waals surface area (Å²) >= 11 is 3.52. The zero-order valence-corrected chi connectivity index (χ0v) is 9.50. The molecule has 0 amide bonds. The SMILES string of the molecule is OC1(c2ccccc2Br)C2CCCC21. The Morgan fingerprint density at radius 3 is 2.50 bits per heavy atom. The smallest absolute Gasteiger partial charge is 0.0971 e. The van der Waals surface area contributed by atoms with Gasteiger partial charge in [-0.05, 0) is 36.3 Å². The number of aliphatic hydroxyl groups is 1. The van der Waals surface area contributed by atoms with Crippen molar-refractivity contribution in [3.05, 3.63) is 34.3 Å². The van der Waals surface area contributed by atoms with Gasteiger partial charge in [-0.2, -0.15) is 0 Å². The Balaban J connectivity index is 2.01. The van der Waals surface area contributed by atoms with Gasteiger partial charge in [0.05, 0.1) is 5.60 Å². The predicted octanol–water partition coefficient (Wildman–Crippen LogP) is 3.07. The van der Waals surface area contributed by atoms with E-state index in [1.807, 2.05) is 24.3 Å². The summed E-state index contributed by atoms with van der Waals surface area (Å²) in [5, 5.41) is 10.5. The fraction of sp³-hybridized carbons (Fsp3) is 0.500. The molecule has 2 heteroatoms. The number of benzene rings is 1. The van der Waals surface area contributed by atoms with Crippen molar-refractivity contribution in [3.63, 3.8) is 0 Å². The van der Waals surface area contributed by atoms with Crippen LogP contribution in [0.1, 0.15) is 24.8 Å². The highest BCUT2D eigenvalue weighted by Gasteiger charge is 2.66. The lowest BCUT2D eigenvalue weighted by atomic mass is 9.99. The Kier molecular flexibility index (Phi) is 1.80. The van der Waals surface area contributed by atoms with Gasteiger partial charge in [0.15, 0.2) is 0 Å². The maximum Gasteiger partial charge on any atom is 0.0971 e. The van der Waals surface area contributed by atoms with Gasteiger partial charge in [0.2, 0.25) is 0 Å². The molecule has 0 bridgehead atoms. The molecule has 0 spiro atoms. The van der Waals surface area contributed by atoms with Crippen LogP contribution in [-0.4, -0.2) is 5.11 Å². The van der Waals surface area contributed by atoms with Crippen LogP contribution in [0.15, 0.2) is 28.7 Å². The van der Waals surface area contributed by atoms with Crippen LogP contribution < -0.4 is 0 Å². The number of fused-ring (bicyclic) bond motifs is 1. The van der Waals surface area contributed by atoms with Crippen LogP contribution in [0.2, 0.25) is 0 Å². The van der Waals surface area contributed by atoms with E-state index in [9.17, 15) is 5.11 Å². The van der Waals surface area contributed by atoms with Crippen molar-refractivity contribution < 1.29 is 5.11 Å². The van der Waals surface area contributed by atoms with E-state index >= 15 is 0 Å². The fourth-order valence-electron chi connectivity index (χ4n) is 3.11. The van der Waals surface area contributed by atoms with Gasteiger partial charge >= 0.3 is 0 Å². The standard InChI is InChI=1S/C12H13BrO/c13-11-7-2-1-4-10(11)12(14)8-5-3-6-9(8)12/h1-2,4,7-9,14H,3,5-6H2. The molecule has 14 heavy (non-hydrogen) atoms. The van der Waals surface area contributed by atoms with Gasteiger partial charge in [0.25, 0.3) is 0 Å². The van der Waals surface area contributed by atoms with Crippen LogP contribution in [0.25, 0.3) is 0 Å².